The molecule has 0 saturated heterocycles. The van der Waals surface area contributed by atoms with Gasteiger partial charge in [0.1, 0.15) is 0 Å². The maximum Gasteiger partial charge on any atom is 0.306 e. The molecule has 2 aromatic rings. The lowest BCUT2D eigenvalue weighted by Gasteiger charge is -2.09. The number of benzene rings is 2. The predicted molar refractivity (Wildman–Crippen MR) is 115 cm³/mol. The first-order valence-electron chi connectivity index (χ1n) is 8.40. The van der Waals surface area contributed by atoms with Crippen molar-refractivity contribution >= 4 is 75.6 Å². The number of halogens is 4. The minimum Gasteiger partial charge on any atom is -0.456 e. The van der Waals surface area contributed by atoms with Gasteiger partial charge in [0.15, 0.2) is 6.61 Å². The Hall–Kier alpha value is -1.99. The van der Waals surface area contributed by atoms with Crippen LogP contribution in [0.3, 0.4) is 0 Å². The van der Waals surface area contributed by atoms with Crippen LogP contribution in [0.4, 0.5) is 11.4 Å². The average Bonchev–Trinajstić information content (AvgIpc) is 2.67. The third-order valence-electron chi connectivity index (χ3n) is 3.58. The number of carbonyl (C=O) groups excluding carboxylic acids is 3. The first-order chi connectivity index (χ1) is 13.8. The fourth-order valence-electron chi connectivity index (χ4n) is 2.20. The minimum absolute atomic E-state index is 0.0139. The van der Waals surface area contributed by atoms with E-state index in [2.05, 4.69) is 10.6 Å². The molecular weight excluding hydrogens is 462 g/mol. The molecule has 0 aliphatic carbocycles. The Kier molecular flexibility index (Phi) is 9.04. The third-order valence-corrected chi connectivity index (χ3v) is 5.14. The predicted octanol–water partition coefficient (Wildman–Crippen LogP) is 5.59. The van der Waals surface area contributed by atoms with E-state index in [0.29, 0.717) is 26.4 Å². The van der Waals surface area contributed by atoms with Crippen molar-refractivity contribution in [2.75, 3.05) is 17.2 Å². The molecule has 0 spiro atoms. The van der Waals surface area contributed by atoms with E-state index in [1.165, 1.54) is 6.07 Å². The Bertz CT molecular complexity index is 921. The van der Waals surface area contributed by atoms with E-state index >= 15 is 0 Å². The van der Waals surface area contributed by atoms with Crippen molar-refractivity contribution in [2.45, 2.75) is 19.3 Å². The topological polar surface area (TPSA) is 84.5 Å². The van der Waals surface area contributed by atoms with Gasteiger partial charge in [0, 0.05) is 18.5 Å². The van der Waals surface area contributed by atoms with Gasteiger partial charge < -0.3 is 15.4 Å². The van der Waals surface area contributed by atoms with Gasteiger partial charge in [0.2, 0.25) is 5.91 Å². The van der Waals surface area contributed by atoms with E-state index in [4.69, 9.17) is 51.1 Å². The van der Waals surface area contributed by atoms with Gasteiger partial charge in [-0.3, -0.25) is 14.4 Å². The first kappa shape index (κ1) is 23.3. The van der Waals surface area contributed by atoms with Crippen LogP contribution < -0.4 is 10.6 Å². The number of ether oxygens (including phenoxy) is 1. The summed E-state index contributed by atoms with van der Waals surface area (Å²) >= 11 is 23.5. The van der Waals surface area contributed by atoms with E-state index < -0.39 is 18.5 Å². The molecule has 2 aromatic carbocycles. The molecule has 29 heavy (non-hydrogen) atoms. The molecule has 2 rings (SSSR count). The molecule has 0 saturated carbocycles. The molecule has 6 nitrogen and oxygen atoms in total. The highest BCUT2D eigenvalue weighted by atomic mass is 35.5. The summed E-state index contributed by atoms with van der Waals surface area (Å²) in [4.78, 5) is 35.5. The van der Waals surface area contributed by atoms with E-state index in [9.17, 15) is 14.4 Å². The van der Waals surface area contributed by atoms with Gasteiger partial charge in [-0.25, -0.2) is 0 Å². The van der Waals surface area contributed by atoms with Gasteiger partial charge >= 0.3 is 5.97 Å². The quantitative estimate of drug-likeness (QED) is 0.485. The molecule has 10 heteroatoms. The van der Waals surface area contributed by atoms with Crippen molar-refractivity contribution < 1.29 is 19.1 Å². The average molecular weight is 478 g/mol. The van der Waals surface area contributed by atoms with Crippen molar-refractivity contribution in [3.63, 3.8) is 0 Å². The normalized spacial score (nSPS) is 10.3. The highest BCUT2D eigenvalue weighted by molar-refractivity contribution is 6.44. The lowest BCUT2D eigenvalue weighted by Crippen LogP contribution is -2.21. The lowest BCUT2D eigenvalue weighted by atomic mass is 10.2. The van der Waals surface area contributed by atoms with Gasteiger partial charge in [-0.1, -0.05) is 52.5 Å². The molecule has 0 atom stereocenters. The molecule has 154 valence electrons. The van der Waals surface area contributed by atoms with Crippen molar-refractivity contribution in [3.05, 3.63) is 56.5 Å². The molecule has 2 N–H and O–H groups in total. The lowest BCUT2D eigenvalue weighted by molar-refractivity contribution is -0.147. The van der Waals surface area contributed by atoms with Gasteiger partial charge in [0.25, 0.3) is 5.91 Å². The number of carbonyl (C=O) groups is 3. The second-order valence-electron chi connectivity index (χ2n) is 5.84. The van der Waals surface area contributed by atoms with Crippen molar-refractivity contribution in [1.29, 1.82) is 0 Å². The molecule has 2 amide bonds. The van der Waals surface area contributed by atoms with Crippen molar-refractivity contribution in [3.8, 4) is 0 Å². The summed E-state index contributed by atoms with van der Waals surface area (Å²) in [5.74, 6) is -1.44. The van der Waals surface area contributed by atoms with Crippen LogP contribution in [0.1, 0.15) is 19.3 Å². The van der Waals surface area contributed by atoms with Crippen LogP contribution in [0, 0.1) is 0 Å². The SMILES string of the molecule is O=C(CCCC(=O)OCC(=O)Nc1cccc(Cl)c1Cl)Nc1ccc(Cl)c(Cl)c1. The van der Waals surface area contributed by atoms with Crippen LogP contribution in [0.2, 0.25) is 20.1 Å². The summed E-state index contributed by atoms with van der Waals surface area (Å²) in [6, 6.07) is 9.49. The summed E-state index contributed by atoms with van der Waals surface area (Å²) < 4.78 is 4.88. The Balaban J connectivity index is 1.67. The van der Waals surface area contributed by atoms with E-state index in [0.717, 1.165) is 0 Å². The second-order valence-corrected chi connectivity index (χ2v) is 7.44. The summed E-state index contributed by atoms with van der Waals surface area (Å²) in [6.45, 7) is -0.475. The van der Waals surface area contributed by atoms with E-state index in [1.807, 2.05) is 0 Å². The summed E-state index contributed by atoms with van der Waals surface area (Å²) in [5.41, 5.74) is 0.822. The largest absolute Gasteiger partial charge is 0.456 e. The molecular formula is C19H16Cl4N2O4. The van der Waals surface area contributed by atoms with Gasteiger partial charge in [-0.2, -0.15) is 0 Å². The molecule has 0 unspecified atom stereocenters. The van der Waals surface area contributed by atoms with Crippen molar-refractivity contribution in [2.24, 2.45) is 0 Å². The standard InChI is InChI=1S/C19H16Cl4N2O4/c20-12-8-7-11(9-14(12)22)24-16(26)5-2-6-18(28)29-10-17(27)25-15-4-1-3-13(21)19(15)23/h1,3-4,7-9H,2,5-6,10H2,(H,24,26)(H,25,27). The van der Waals surface area contributed by atoms with E-state index in [1.54, 1.807) is 30.3 Å². The molecule has 0 aliphatic heterocycles. The molecule has 0 heterocycles. The maximum atomic E-state index is 11.9. The highest BCUT2D eigenvalue weighted by Crippen LogP contribution is 2.29. The molecule has 0 aliphatic rings. The van der Waals surface area contributed by atoms with Crippen LogP contribution >= 0.6 is 46.4 Å². The molecule has 0 fully saturated rings. The molecule has 0 radical (unpaired) electrons. The van der Waals surface area contributed by atoms with Crippen LogP contribution in [-0.2, 0) is 19.1 Å². The number of rotatable bonds is 8. The Labute approximate surface area is 187 Å². The van der Waals surface area contributed by atoms with Crippen LogP contribution in [0.15, 0.2) is 36.4 Å². The Morgan fingerprint density at radius 3 is 2.31 bits per heavy atom. The number of amides is 2. The smallest absolute Gasteiger partial charge is 0.306 e. The van der Waals surface area contributed by atoms with Crippen LogP contribution in [0.5, 0.6) is 0 Å². The van der Waals surface area contributed by atoms with Crippen molar-refractivity contribution in [1.82, 2.24) is 0 Å². The number of hydrogen-bond acceptors (Lipinski definition) is 4. The zero-order chi connectivity index (χ0) is 21.4. The maximum absolute atomic E-state index is 11.9. The zero-order valence-corrected chi connectivity index (χ0v) is 18.0. The van der Waals surface area contributed by atoms with Crippen LogP contribution in [0.25, 0.3) is 0 Å². The summed E-state index contributed by atoms with van der Waals surface area (Å²) in [5, 5.41) is 6.35. The molecule has 0 bridgehead atoms. The molecule has 0 aromatic heterocycles. The van der Waals surface area contributed by atoms with E-state index in [-0.39, 0.29) is 30.2 Å². The number of nitrogens with one attached hydrogen (secondary N) is 2. The van der Waals surface area contributed by atoms with Gasteiger partial charge in [0.05, 0.1) is 25.8 Å². The fraction of sp³-hybridized carbons (Fsp3) is 0.211. The van der Waals surface area contributed by atoms with Gasteiger partial charge in [-0.05, 0) is 36.8 Å². The highest BCUT2D eigenvalue weighted by Gasteiger charge is 2.12. The third kappa shape index (κ3) is 7.74. The second kappa shape index (κ2) is 11.3. The summed E-state index contributed by atoms with van der Waals surface area (Å²) in [7, 11) is 0. The fourth-order valence-corrected chi connectivity index (χ4v) is 2.84. The first-order valence-corrected chi connectivity index (χ1v) is 9.92. The number of hydrogen-bond donors (Lipinski definition) is 2. The zero-order valence-electron chi connectivity index (χ0n) is 14.9. The minimum atomic E-state index is -0.598. The number of anilines is 2. The van der Waals surface area contributed by atoms with Crippen LogP contribution in [-0.4, -0.2) is 24.4 Å². The Morgan fingerprint density at radius 2 is 1.59 bits per heavy atom. The van der Waals surface area contributed by atoms with Gasteiger partial charge in [-0.15, -0.1) is 0 Å². The summed E-state index contributed by atoms with van der Waals surface area (Å²) in [6.07, 6.45) is 0.341. The Morgan fingerprint density at radius 1 is 0.828 bits per heavy atom. The number of esters is 1. The monoisotopic (exact) mass is 476 g/mol.